The van der Waals surface area contributed by atoms with Crippen LogP contribution in [0.4, 0.5) is 0 Å². The van der Waals surface area contributed by atoms with Gasteiger partial charge >= 0.3 is 0 Å². The molecular weight excluding hydrogens is 372 g/mol. The van der Waals surface area contributed by atoms with Crippen LogP contribution in [0.1, 0.15) is 52.7 Å². The Labute approximate surface area is 180 Å². The summed E-state index contributed by atoms with van der Waals surface area (Å²) in [7, 11) is 0. The van der Waals surface area contributed by atoms with E-state index in [-0.39, 0.29) is 17.6 Å². The molecule has 30 heavy (non-hydrogen) atoms. The summed E-state index contributed by atoms with van der Waals surface area (Å²) in [5, 5.41) is 11.8. The van der Waals surface area contributed by atoms with Gasteiger partial charge in [-0.3, -0.25) is 4.90 Å². The number of nitrogens with one attached hydrogen (secondary N) is 1. The molecule has 4 nitrogen and oxygen atoms in total. The second kappa shape index (κ2) is 8.83. The molecule has 1 heterocycles. The molecule has 0 bridgehead atoms. The molecule has 1 unspecified atom stereocenters. The lowest BCUT2D eigenvalue weighted by atomic mass is 9.86. The number of fused-ring (bicyclic) bond motifs is 1. The zero-order valence-electron chi connectivity index (χ0n) is 19.2. The third-order valence-corrected chi connectivity index (χ3v) is 5.56. The van der Waals surface area contributed by atoms with E-state index in [0.717, 1.165) is 23.2 Å². The maximum atomic E-state index is 10.7. The average Bonchev–Trinajstić information content (AvgIpc) is 3.14. The normalized spacial score (nSPS) is 13.7. The Balaban J connectivity index is 1.63. The zero-order chi connectivity index (χ0) is 21.9. The monoisotopic (exact) mass is 408 g/mol. The van der Waals surface area contributed by atoms with E-state index in [4.69, 9.17) is 4.74 Å². The molecule has 0 saturated carbocycles. The molecule has 2 aromatic carbocycles. The summed E-state index contributed by atoms with van der Waals surface area (Å²) < 4.78 is 5.96. The number of aromatic nitrogens is 1. The number of aliphatic hydroxyl groups is 1. The molecule has 0 amide bonds. The van der Waals surface area contributed by atoms with Gasteiger partial charge in [0, 0.05) is 35.7 Å². The van der Waals surface area contributed by atoms with Gasteiger partial charge in [-0.2, -0.15) is 0 Å². The molecule has 0 aliphatic heterocycles. The van der Waals surface area contributed by atoms with Gasteiger partial charge in [-0.15, -0.1) is 0 Å². The zero-order valence-corrected chi connectivity index (χ0v) is 19.2. The largest absolute Gasteiger partial charge is 0.490 e. The summed E-state index contributed by atoms with van der Waals surface area (Å²) in [6, 6.07) is 16.8. The molecule has 3 rings (SSSR count). The molecule has 0 fully saturated rings. The van der Waals surface area contributed by atoms with Gasteiger partial charge in [-0.05, 0) is 55.5 Å². The molecule has 0 spiro atoms. The van der Waals surface area contributed by atoms with Crippen LogP contribution in [0.2, 0.25) is 0 Å². The molecule has 0 aliphatic carbocycles. The summed E-state index contributed by atoms with van der Waals surface area (Å²) in [5.74, 6) is 0.799. The number of ether oxygens (including phenoxy) is 1. The average molecular weight is 409 g/mol. The van der Waals surface area contributed by atoms with Crippen molar-refractivity contribution < 1.29 is 9.84 Å². The van der Waals surface area contributed by atoms with Crippen molar-refractivity contribution in [2.45, 2.75) is 65.1 Å². The molecule has 162 valence electrons. The summed E-state index contributed by atoms with van der Waals surface area (Å²) in [6.07, 6.45) is 1.33. The van der Waals surface area contributed by atoms with Crippen molar-refractivity contribution in [3.05, 3.63) is 65.9 Å². The van der Waals surface area contributed by atoms with E-state index in [1.807, 2.05) is 30.5 Å². The first-order valence-electron chi connectivity index (χ1n) is 10.8. The fraction of sp³-hybridized carbons (Fsp3) is 0.462. The number of aliphatic hydroxyl groups excluding tert-OH is 1. The number of aromatic amines is 1. The van der Waals surface area contributed by atoms with Gasteiger partial charge in [0.05, 0.1) is 0 Å². The number of β-amino-alcohol motifs (C(OH)–C–C–N with tert-alkyl or cyclic N) is 1. The quantitative estimate of drug-likeness (QED) is 0.542. The van der Waals surface area contributed by atoms with Gasteiger partial charge in [-0.1, -0.05) is 51.1 Å². The van der Waals surface area contributed by atoms with Crippen molar-refractivity contribution in [1.29, 1.82) is 0 Å². The van der Waals surface area contributed by atoms with Crippen molar-refractivity contribution in [3.8, 4) is 5.75 Å². The molecule has 4 heteroatoms. The number of hydrogen-bond donors (Lipinski definition) is 2. The first-order chi connectivity index (χ1) is 14.0. The first kappa shape index (κ1) is 22.4. The van der Waals surface area contributed by atoms with E-state index in [2.05, 4.69) is 75.7 Å². The lowest BCUT2D eigenvalue weighted by Crippen LogP contribution is -2.46. The molecule has 1 atom stereocenters. The fourth-order valence-corrected chi connectivity index (χ4v) is 3.58. The van der Waals surface area contributed by atoms with Crippen molar-refractivity contribution in [2.75, 3.05) is 13.2 Å². The molecule has 0 aliphatic rings. The third-order valence-electron chi connectivity index (χ3n) is 5.56. The van der Waals surface area contributed by atoms with Crippen molar-refractivity contribution >= 4 is 10.9 Å². The van der Waals surface area contributed by atoms with Crippen molar-refractivity contribution in [3.63, 3.8) is 0 Å². The Kier molecular flexibility index (Phi) is 6.59. The van der Waals surface area contributed by atoms with E-state index >= 15 is 0 Å². The van der Waals surface area contributed by atoms with Gasteiger partial charge in [-0.25, -0.2) is 0 Å². The minimum atomic E-state index is -0.577. The predicted octanol–water partition coefficient (Wildman–Crippen LogP) is 5.51. The minimum absolute atomic E-state index is 0.0651. The molecule has 3 aromatic rings. The Bertz CT molecular complexity index is 946. The Hall–Kier alpha value is -2.30. The van der Waals surface area contributed by atoms with E-state index in [0.29, 0.717) is 6.54 Å². The summed E-state index contributed by atoms with van der Waals surface area (Å²) in [5.41, 5.74) is 3.71. The number of rotatable bonds is 7. The third kappa shape index (κ3) is 5.65. The molecule has 1 aromatic heterocycles. The van der Waals surface area contributed by atoms with Crippen LogP contribution >= 0.6 is 0 Å². The van der Waals surface area contributed by atoms with Gasteiger partial charge in [0.15, 0.2) is 0 Å². The van der Waals surface area contributed by atoms with Crippen LogP contribution in [0.15, 0.2) is 54.7 Å². The van der Waals surface area contributed by atoms with Crippen LogP contribution in [-0.2, 0) is 12.0 Å². The van der Waals surface area contributed by atoms with Gasteiger partial charge in [0.25, 0.3) is 0 Å². The fourth-order valence-electron chi connectivity index (χ4n) is 3.58. The highest BCUT2D eigenvalue weighted by molar-refractivity contribution is 5.85. The topological polar surface area (TPSA) is 48.5 Å². The Morgan fingerprint density at radius 1 is 0.967 bits per heavy atom. The second-order valence-corrected chi connectivity index (χ2v) is 10.2. The lowest BCUT2D eigenvalue weighted by Gasteiger charge is -2.37. The highest BCUT2D eigenvalue weighted by Gasteiger charge is 2.24. The van der Waals surface area contributed by atoms with Crippen LogP contribution in [0.3, 0.4) is 0 Å². The minimum Gasteiger partial charge on any atom is -0.490 e. The maximum absolute atomic E-state index is 10.7. The highest BCUT2D eigenvalue weighted by atomic mass is 16.5. The number of nitrogens with zero attached hydrogens (tertiary/aromatic N) is 1. The molecule has 0 saturated heterocycles. The van der Waals surface area contributed by atoms with Crippen LogP contribution in [-0.4, -0.2) is 39.8 Å². The van der Waals surface area contributed by atoms with Crippen LogP contribution in [0, 0.1) is 0 Å². The molecule has 2 N–H and O–H groups in total. The summed E-state index contributed by atoms with van der Waals surface area (Å²) in [6.45, 7) is 14.8. The first-order valence-corrected chi connectivity index (χ1v) is 10.8. The predicted molar refractivity (Wildman–Crippen MR) is 125 cm³/mol. The van der Waals surface area contributed by atoms with E-state index in [1.165, 1.54) is 11.1 Å². The number of H-pyrrole nitrogens is 1. The number of benzene rings is 2. The molecular formula is C26H36N2O2. The summed E-state index contributed by atoms with van der Waals surface area (Å²) in [4.78, 5) is 5.50. The van der Waals surface area contributed by atoms with Gasteiger partial charge < -0.3 is 14.8 Å². The van der Waals surface area contributed by atoms with Crippen molar-refractivity contribution in [2.24, 2.45) is 0 Å². The number of hydrogen-bond acceptors (Lipinski definition) is 3. The van der Waals surface area contributed by atoms with E-state index < -0.39 is 6.10 Å². The van der Waals surface area contributed by atoms with Crippen LogP contribution in [0.25, 0.3) is 10.9 Å². The van der Waals surface area contributed by atoms with Crippen molar-refractivity contribution in [1.82, 2.24) is 9.88 Å². The van der Waals surface area contributed by atoms with E-state index in [9.17, 15) is 5.11 Å². The Morgan fingerprint density at radius 3 is 2.30 bits per heavy atom. The lowest BCUT2D eigenvalue weighted by molar-refractivity contribution is 0.0288. The standard InChI is InChI=1S/C26H36N2O2/c1-25(2,3)20-12-10-19(11-13-20)16-28(26(4,5)6)17-21(29)18-30-24-9-7-8-23-22(24)14-15-27-23/h7-15,21,27,29H,16-18H2,1-6H3. The smallest absolute Gasteiger partial charge is 0.128 e. The van der Waals surface area contributed by atoms with E-state index in [1.54, 1.807) is 0 Å². The Morgan fingerprint density at radius 2 is 1.67 bits per heavy atom. The van der Waals surface area contributed by atoms with Crippen LogP contribution < -0.4 is 4.74 Å². The maximum Gasteiger partial charge on any atom is 0.128 e. The molecule has 0 radical (unpaired) electrons. The SMILES string of the molecule is CC(C)(C)c1ccc(CN(CC(O)COc2cccc3[nH]ccc23)C(C)(C)C)cc1. The highest BCUT2D eigenvalue weighted by Crippen LogP contribution is 2.26. The summed E-state index contributed by atoms with van der Waals surface area (Å²) >= 11 is 0. The van der Waals surface area contributed by atoms with Gasteiger partial charge in [0.1, 0.15) is 18.5 Å². The van der Waals surface area contributed by atoms with Crippen LogP contribution in [0.5, 0.6) is 5.75 Å². The van der Waals surface area contributed by atoms with Gasteiger partial charge in [0.2, 0.25) is 0 Å². The second-order valence-electron chi connectivity index (χ2n) is 10.2.